The number of carbonyl (C=O) groups excluding carboxylic acids is 1. The van der Waals surface area contributed by atoms with Gasteiger partial charge in [-0.2, -0.15) is 0 Å². The minimum absolute atomic E-state index is 0.332. The number of nitrogens with one attached hydrogen (secondary N) is 2. The lowest BCUT2D eigenvalue weighted by Crippen LogP contribution is -2.17. The van der Waals surface area contributed by atoms with E-state index in [0.29, 0.717) is 27.0 Å². The molecule has 4 nitrogen and oxygen atoms in total. The molecule has 2 rings (SSSR count). The summed E-state index contributed by atoms with van der Waals surface area (Å²) in [5, 5.41) is 3.58. The highest BCUT2D eigenvalue weighted by atomic mass is 79.9. The molecule has 0 spiro atoms. The molecule has 0 aliphatic rings. The Labute approximate surface area is 134 Å². The molecule has 0 aliphatic heterocycles. The average Bonchev–Trinajstić information content (AvgIpc) is 2.41. The van der Waals surface area contributed by atoms with Crippen LogP contribution in [0.3, 0.4) is 0 Å². The Morgan fingerprint density at radius 2 is 1.80 bits per heavy atom. The highest BCUT2D eigenvalue weighted by molar-refractivity contribution is 9.10. The number of nitrogen functional groups attached to an aromatic ring is 1. The summed E-state index contributed by atoms with van der Waals surface area (Å²) < 4.78 is 0.826. The molecule has 0 atom stereocenters. The molecule has 2 aromatic rings. The van der Waals surface area contributed by atoms with Crippen LogP contribution in [-0.4, -0.2) is 5.91 Å². The summed E-state index contributed by atoms with van der Waals surface area (Å²) in [7, 11) is 0. The van der Waals surface area contributed by atoms with Crippen LogP contribution < -0.4 is 16.6 Å². The fourth-order valence-electron chi connectivity index (χ4n) is 1.61. The summed E-state index contributed by atoms with van der Waals surface area (Å²) in [6.45, 7) is 0. The van der Waals surface area contributed by atoms with Gasteiger partial charge in [0.25, 0.3) is 5.91 Å². The number of hydrazine groups is 1. The van der Waals surface area contributed by atoms with Crippen LogP contribution in [0.5, 0.6) is 0 Å². The third-order valence-electron chi connectivity index (χ3n) is 2.56. The van der Waals surface area contributed by atoms with Crippen molar-refractivity contribution in [1.29, 1.82) is 0 Å². The summed E-state index contributed by atoms with van der Waals surface area (Å²) in [5.41, 5.74) is 3.76. The molecule has 7 heteroatoms. The Balaban J connectivity index is 2.30. The lowest BCUT2D eigenvalue weighted by Gasteiger charge is -2.11. The van der Waals surface area contributed by atoms with Gasteiger partial charge in [0, 0.05) is 9.50 Å². The van der Waals surface area contributed by atoms with Crippen LogP contribution >= 0.6 is 39.1 Å². The first-order chi connectivity index (χ1) is 9.51. The molecule has 0 heterocycles. The zero-order valence-electron chi connectivity index (χ0n) is 10.1. The zero-order chi connectivity index (χ0) is 14.7. The highest BCUT2D eigenvalue weighted by Gasteiger charge is 2.13. The van der Waals surface area contributed by atoms with E-state index in [2.05, 4.69) is 26.7 Å². The van der Waals surface area contributed by atoms with Gasteiger partial charge in [0.1, 0.15) is 0 Å². The topological polar surface area (TPSA) is 67.1 Å². The van der Waals surface area contributed by atoms with Gasteiger partial charge in [-0.3, -0.25) is 10.6 Å². The monoisotopic (exact) mass is 373 g/mol. The molecule has 1 amide bonds. The molecule has 0 radical (unpaired) electrons. The van der Waals surface area contributed by atoms with Gasteiger partial charge in [-0.15, -0.1) is 0 Å². The molecule has 0 unspecified atom stereocenters. The van der Waals surface area contributed by atoms with Gasteiger partial charge < -0.3 is 10.7 Å². The van der Waals surface area contributed by atoms with Crippen molar-refractivity contribution < 1.29 is 4.79 Å². The molecule has 104 valence electrons. The van der Waals surface area contributed by atoms with Gasteiger partial charge in [-0.25, -0.2) is 0 Å². The SMILES string of the molecule is NNc1ccc(Cl)cc1C(=O)Nc1ccc(Br)cc1Cl. The van der Waals surface area contributed by atoms with Gasteiger partial charge in [-0.05, 0) is 36.4 Å². The smallest absolute Gasteiger partial charge is 0.257 e. The number of hydrogen-bond acceptors (Lipinski definition) is 3. The predicted molar refractivity (Wildman–Crippen MR) is 86.4 cm³/mol. The number of benzene rings is 2. The third-order valence-corrected chi connectivity index (χ3v) is 3.60. The van der Waals surface area contributed by atoms with Crippen LogP contribution in [-0.2, 0) is 0 Å². The Morgan fingerprint density at radius 3 is 2.45 bits per heavy atom. The minimum Gasteiger partial charge on any atom is -0.323 e. The number of halogens is 3. The molecule has 0 aliphatic carbocycles. The van der Waals surface area contributed by atoms with Crippen molar-refractivity contribution in [3.63, 3.8) is 0 Å². The van der Waals surface area contributed by atoms with Crippen LogP contribution in [0, 0.1) is 0 Å². The number of amides is 1. The number of hydrogen-bond donors (Lipinski definition) is 3. The fraction of sp³-hybridized carbons (Fsp3) is 0. The maximum atomic E-state index is 12.2. The molecule has 4 N–H and O–H groups in total. The largest absolute Gasteiger partial charge is 0.323 e. The van der Waals surface area contributed by atoms with Crippen LogP contribution in [0.1, 0.15) is 10.4 Å². The van der Waals surface area contributed by atoms with Crippen molar-refractivity contribution in [3.05, 3.63) is 56.5 Å². The number of nitrogens with two attached hydrogens (primary N) is 1. The standard InChI is InChI=1S/C13H10BrCl2N3O/c14-7-1-3-12(10(16)5-7)18-13(20)9-6-8(15)2-4-11(9)19-17/h1-6,19H,17H2,(H,18,20). The lowest BCUT2D eigenvalue weighted by atomic mass is 10.1. The minimum atomic E-state index is -0.357. The van der Waals surface area contributed by atoms with Crippen LogP contribution in [0.15, 0.2) is 40.9 Å². The summed E-state index contributed by atoms with van der Waals surface area (Å²) >= 11 is 15.2. The molecule has 0 saturated heterocycles. The molecule has 2 aromatic carbocycles. The number of carbonyl (C=O) groups is 1. The maximum absolute atomic E-state index is 12.2. The van der Waals surface area contributed by atoms with E-state index in [1.807, 2.05) is 0 Å². The van der Waals surface area contributed by atoms with Crippen LogP contribution in [0.4, 0.5) is 11.4 Å². The fourth-order valence-corrected chi connectivity index (χ4v) is 2.50. The molecular weight excluding hydrogens is 365 g/mol. The normalized spacial score (nSPS) is 10.2. The molecular formula is C13H10BrCl2N3O. The molecule has 0 aromatic heterocycles. The first-order valence-corrected chi connectivity index (χ1v) is 7.08. The second kappa shape index (κ2) is 6.45. The van der Waals surface area contributed by atoms with E-state index in [4.69, 9.17) is 29.0 Å². The Kier molecular flexibility index (Phi) is 4.88. The highest BCUT2D eigenvalue weighted by Crippen LogP contribution is 2.27. The van der Waals surface area contributed by atoms with Crippen molar-refractivity contribution in [3.8, 4) is 0 Å². The summed E-state index contributed by atoms with van der Waals surface area (Å²) in [5.74, 6) is 5.02. The van der Waals surface area contributed by atoms with E-state index in [1.165, 1.54) is 6.07 Å². The van der Waals surface area contributed by atoms with Crippen molar-refractivity contribution >= 4 is 56.4 Å². The zero-order valence-corrected chi connectivity index (χ0v) is 13.2. The van der Waals surface area contributed by atoms with E-state index >= 15 is 0 Å². The lowest BCUT2D eigenvalue weighted by molar-refractivity contribution is 0.102. The quantitative estimate of drug-likeness (QED) is 0.554. The summed E-state index contributed by atoms with van der Waals surface area (Å²) in [6, 6.07) is 9.96. The van der Waals surface area contributed by atoms with E-state index in [1.54, 1.807) is 30.3 Å². The van der Waals surface area contributed by atoms with E-state index < -0.39 is 0 Å². The molecule has 0 bridgehead atoms. The molecule has 20 heavy (non-hydrogen) atoms. The Bertz CT molecular complexity index is 664. The Hall–Kier alpha value is -1.27. The summed E-state index contributed by atoms with van der Waals surface area (Å²) in [6.07, 6.45) is 0. The van der Waals surface area contributed by atoms with Crippen LogP contribution in [0.25, 0.3) is 0 Å². The maximum Gasteiger partial charge on any atom is 0.257 e. The van der Waals surface area contributed by atoms with E-state index in [-0.39, 0.29) is 5.91 Å². The van der Waals surface area contributed by atoms with E-state index in [9.17, 15) is 4.79 Å². The first kappa shape index (κ1) is 15.1. The predicted octanol–water partition coefficient (Wildman–Crippen LogP) is 4.29. The number of anilines is 2. The van der Waals surface area contributed by atoms with Crippen molar-refractivity contribution in [1.82, 2.24) is 0 Å². The van der Waals surface area contributed by atoms with E-state index in [0.717, 1.165) is 4.47 Å². The summed E-state index contributed by atoms with van der Waals surface area (Å²) in [4.78, 5) is 12.2. The van der Waals surface area contributed by atoms with Gasteiger partial charge >= 0.3 is 0 Å². The average molecular weight is 375 g/mol. The van der Waals surface area contributed by atoms with Gasteiger partial charge in [0.2, 0.25) is 0 Å². The van der Waals surface area contributed by atoms with Gasteiger partial charge in [0.05, 0.1) is 22.0 Å². The second-order valence-electron chi connectivity index (χ2n) is 3.91. The molecule has 0 saturated carbocycles. The van der Waals surface area contributed by atoms with Crippen LogP contribution in [0.2, 0.25) is 10.0 Å². The van der Waals surface area contributed by atoms with Gasteiger partial charge in [-0.1, -0.05) is 39.1 Å². The van der Waals surface area contributed by atoms with Crippen molar-refractivity contribution in [2.45, 2.75) is 0 Å². The third kappa shape index (κ3) is 3.43. The number of rotatable bonds is 3. The van der Waals surface area contributed by atoms with Gasteiger partial charge in [0.15, 0.2) is 0 Å². The second-order valence-corrected chi connectivity index (χ2v) is 5.67. The molecule has 0 fully saturated rings. The first-order valence-electron chi connectivity index (χ1n) is 5.54. The van der Waals surface area contributed by atoms with Crippen molar-refractivity contribution in [2.24, 2.45) is 5.84 Å². The Morgan fingerprint density at radius 1 is 1.10 bits per heavy atom. The van der Waals surface area contributed by atoms with Crippen molar-refractivity contribution in [2.75, 3.05) is 10.7 Å².